The first-order valence-electron chi connectivity index (χ1n) is 13.0. The zero-order chi connectivity index (χ0) is 26.0. The van der Waals surface area contributed by atoms with Crippen molar-refractivity contribution in [1.82, 2.24) is 10.2 Å². The van der Waals surface area contributed by atoms with Gasteiger partial charge in [-0.1, -0.05) is 96.7 Å². The summed E-state index contributed by atoms with van der Waals surface area (Å²) in [5, 5.41) is 3.91. The van der Waals surface area contributed by atoms with E-state index in [9.17, 15) is 9.59 Å². The SMILES string of the molecule is Cc1cccc(CSCC(=O)N(Cc2ccc(Cl)cc2)[C@H](Cc2ccccc2)C(=O)NC2CCCC2)c1. The fraction of sp³-hybridized carbons (Fsp3) is 0.355. The van der Waals surface area contributed by atoms with E-state index < -0.39 is 6.04 Å². The molecule has 0 saturated heterocycles. The lowest BCUT2D eigenvalue weighted by atomic mass is 10.0. The number of benzene rings is 3. The average molecular weight is 535 g/mol. The summed E-state index contributed by atoms with van der Waals surface area (Å²) in [5.74, 6) is 0.959. The summed E-state index contributed by atoms with van der Waals surface area (Å²) >= 11 is 7.70. The van der Waals surface area contributed by atoms with E-state index >= 15 is 0 Å². The van der Waals surface area contributed by atoms with Gasteiger partial charge < -0.3 is 10.2 Å². The third kappa shape index (κ3) is 8.37. The Labute approximate surface area is 229 Å². The van der Waals surface area contributed by atoms with Crippen LogP contribution in [0, 0.1) is 6.92 Å². The number of carbonyl (C=O) groups excluding carboxylic acids is 2. The monoisotopic (exact) mass is 534 g/mol. The summed E-state index contributed by atoms with van der Waals surface area (Å²) in [4.78, 5) is 29.2. The molecule has 1 fully saturated rings. The quantitative estimate of drug-likeness (QED) is 0.302. The minimum Gasteiger partial charge on any atom is -0.352 e. The second kappa shape index (κ2) is 13.7. The molecule has 2 amide bonds. The number of rotatable bonds is 11. The summed E-state index contributed by atoms with van der Waals surface area (Å²) in [5.41, 5.74) is 4.39. The molecule has 0 radical (unpaired) electrons. The molecule has 1 aliphatic carbocycles. The van der Waals surface area contributed by atoms with Crippen LogP contribution in [0.4, 0.5) is 0 Å². The molecule has 3 aromatic rings. The van der Waals surface area contributed by atoms with Crippen molar-refractivity contribution < 1.29 is 9.59 Å². The predicted octanol–water partition coefficient (Wildman–Crippen LogP) is 6.58. The highest BCUT2D eigenvalue weighted by molar-refractivity contribution is 7.99. The van der Waals surface area contributed by atoms with Gasteiger partial charge in [-0.15, -0.1) is 11.8 Å². The Balaban J connectivity index is 1.56. The van der Waals surface area contributed by atoms with E-state index in [-0.39, 0.29) is 17.9 Å². The Bertz CT molecular complexity index is 1160. The maximum absolute atomic E-state index is 13.7. The van der Waals surface area contributed by atoms with Crippen LogP contribution in [0.3, 0.4) is 0 Å². The lowest BCUT2D eigenvalue weighted by Crippen LogP contribution is -2.52. The van der Waals surface area contributed by atoms with E-state index in [0.29, 0.717) is 23.7 Å². The zero-order valence-corrected chi connectivity index (χ0v) is 22.9. The maximum atomic E-state index is 13.7. The highest BCUT2D eigenvalue weighted by atomic mass is 35.5. The zero-order valence-electron chi connectivity index (χ0n) is 21.4. The Morgan fingerprint density at radius 3 is 2.35 bits per heavy atom. The van der Waals surface area contributed by atoms with Crippen LogP contribution in [-0.2, 0) is 28.3 Å². The Morgan fingerprint density at radius 2 is 1.65 bits per heavy atom. The lowest BCUT2D eigenvalue weighted by Gasteiger charge is -2.32. The first-order chi connectivity index (χ1) is 18.0. The van der Waals surface area contributed by atoms with E-state index in [2.05, 4.69) is 30.4 Å². The third-order valence-electron chi connectivity index (χ3n) is 6.82. The molecule has 1 aliphatic rings. The topological polar surface area (TPSA) is 49.4 Å². The number of nitrogens with zero attached hydrogens (tertiary/aromatic N) is 1. The molecule has 0 aromatic heterocycles. The molecular formula is C31H35ClN2O2S. The van der Waals surface area contributed by atoms with Crippen LogP contribution in [0.15, 0.2) is 78.9 Å². The number of hydrogen-bond acceptors (Lipinski definition) is 3. The normalized spacial score (nSPS) is 14.3. The Kier molecular flexibility index (Phi) is 10.1. The summed E-state index contributed by atoms with van der Waals surface area (Å²) in [7, 11) is 0. The van der Waals surface area contributed by atoms with Crippen molar-refractivity contribution in [1.29, 1.82) is 0 Å². The van der Waals surface area contributed by atoms with Crippen LogP contribution in [-0.4, -0.2) is 34.6 Å². The van der Waals surface area contributed by atoms with Crippen molar-refractivity contribution in [3.8, 4) is 0 Å². The second-order valence-electron chi connectivity index (χ2n) is 9.83. The molecule has 194 valence electrons. The van der Waals surface area contributed by atoms with E-state index in [1.165, 1.54) is 11.1 Å². The summed E-state index contributed by atoms with van der Waals surface area (Å²) in [6.45, 7) is 2.43. The molecule has 1 saturated carbocycles. The van der Waals surface area contributed by atoms with Gasteiger partial charge in [-0.25, -0.2) is 0 Å². The highest BCUT2D eigenvalue weighted by Crippen LogP contribution is 2.22. The standard InChI is InChI=1S/C31H35ClN2O2S/c1-23-8-7-11-26(18-23)21-37-22-30(35)34(20-25-14-16-27(32)17-15-25)29(19-24-9-3-2-4-10-24)31(36)33-28-12-5-6-13-28/h2-4,7-11,14-18,28-29H,5-6,12-13,19-22H2,1H3,(H,33,36)/t29-/m1/s1. The molecule has 4 nitrogen and oxygen atoms in total. The first kappa shape index (κ1) is 27.3. The molecule has 1 atom stereocenters. The maximum Gasteiger partial charge on any atom is 0.243 e. The van der Waals surface area contributed by atoms with E-state index in [0.717, 1.165) is 42.6 Å². The number of halogens is 1. The molecule has 37 heavy (non-hydrogen) atoms. The van der Waals surface area contributed by atoms with Crippen molar-refractivity contribution >= 4 is 35.2 Å². The number of amides is 2. The van der Waals surface area contributed by atoms with Crippen molar-refractivity contribution in [2.24, 2.45) is 0 Å². The molecule has 0 unspecified atom stereocenters. The van der Waals surface area contributed by atoms with Crippen molar-refractivity contribution in [2.75, 3.05) is 5.75 Å². The van der Waals surface area contributed by atoms with Gasteiger partial charge in [0.15, 0.2) is 0 Å². The minimum absolute atomic E-state index is 0.0323. The molecule has 6 heteroatoms. The van der Waals surface area contributed by atoms with Gasteiger partial charge in [0.1, 0.15) is 6.04 Å². The number of aryl methyl sites for hydroxylation is 1. The van der Waals surface area contributed by atoms with Crippen molar-refractivity contribution in [3.05, 3.63) is 106 Å². The van der Waals surface area contributed by atoms with Gasteiger partial charge in [0.25, 0.3) is 0 Å². The van der Waals surface area contributed by atoms with Gasteiger partial charge in [0, 0.05) is 29.8 Å². The van der Waals surface area contributed by atoms with Gasteiger partial charge in [-0.2, -0.15) is 0 Å². The minimum atomic E-state index is -0.592. The van der Waals surface area contributed by atoms with E-state index in [1.54, 1.807) is 16.7 Å². The largest absolute Gasteiger partial charge is 0.352 e. The molecule has 0 aliphatic heterocycles. The van der Waals surface area contributed by atoms with Gasteiger partial charge >= 0.3 is 0 Å². The van der Waals surface area contributed by atoms with Crippen LogP contribution in [0.1, 0.15) is 47.9 Å². The predicted molar refractivity (Wildman–Crippen MR) is 154 cm³/mol. The average Bonchev–Trinajstić information content (AvgIpc) is 3.41. The van der Waals surface area contributed by atoms with Crippen molar-refractivity contribution in [2.45, 2.75) is 63.4 Å². The fourth-order valence-corrected chi connectivity index (χ4v) is 5.83. The van der Waals surface area contributed by atoms with Crippen molar-refractivity contribution in [3.63, 3.8) is 0 Å². The third-order valence-corrected chi connectivity index (χ3v) is 8.06. The molecule has 1 N–H and O–H groups in total. The van der Waals surface area contributed by atoms with Crippen LogP contribution < -0.4 is 5.32 Å². The van der Waals surface area contributed by atoms with Crippen LogP contribution >= 0.6 is 23.4 Å². The van der Waals surface area contributed by atoms with Gasteiger partial charge in [-0.3, -0.25) is 9.59 Å². The highest BCUT2D eigenvalue weighted by Gasteiger charge is 2.32. The number of nitrogens with one attached hydrogen (secondary N) is 1. The van der Waals surface area contributed by atoms with Gasteiger partial charge in [0.05, 0.1) is 5.75 Å². The van der Waals surface area contributed by atoms with Gasteiger partial charge in [-0.05, 0) is 48.6 Å². The molecular weight excluding hydrogens is 500 g/mol. The molecule has 4 rings (SSSR count). The van der Waals surface area contributed by atoms with Gasteiger partial charge in [0.2, 0.25) is 11.8 Å². The molecule has 0 bridgehead atoms. The Morgan fingerprint density at radius 1 is 0.946 bits per heavy atom. The van der Waals surface area contributed by atoms with Crippen LogP contribution in [0.2, 0.25) is 5.02 Å². The first-order valence-corrected chi connectivity index (χ1v) is 14.5. The lowest BCUT2D eigenvalue weighted by molar-refractivity contribution is -0.139. The summed E-state index contributed by atoms with van der Waals surface area (Å²) < 4.78 is 0. The molecule has 3 aromatic carbocycles. The van der Waals surface area contributed by atoms with E-state index in [4.69, 9.17) is 11.6 Å². The van der Waals surface area contributed by atoms with Crippen LogP contribution in [0.25, 0.3) is 0 Å². The number of carbonyl (C=O) groups is 2. The smallest absolute Gasteiger partial charge is 0.243 e. The summed E-state index contributed by atoms with van der Waals surface area (Å²) in [6, 6.07) is 25.4. The molecule has 0 spiro atoms. The summed E-state index contributed by atoms with van der Waals surface area (Å²) in [6.07, 6.45) is 4.75. The van der Waals surface area contributed by atoms with Crippen LogP contribution in [0.5, 0.6) is 0 Å². The number of hydrogen-bond donors (Lipinski definition) is 1. The second-order valence-corrected chi connectivity index (χ2v) is 11.2. The number of thioether (sulfide) groups is 1. The van der Waals surface area contributed by atoms with E-state index in [1.807, 2.05) is 60.7 Å². The Hall–Kier alpha value is -2.76. The fourth-order valence-electron chi connectivity index (χ4n) is 4.85. The molecule has 0 heterocycles.